The van der Waals surface area contributed by atoms with Gasteiger partial charge in [-0.25, -0.2) is 8.42 Å². The van der Waals surface area contributed by atoms with E-state index in [9.17, 15) is 13.2 Å². The molecule has 1 aromatic heterocycles. The molecule has 4 rings (SSSR count). The Bertz CT molecular complexity index is 954. The molecule has 0 aliphatic carbocycles. The summed E-state index contributed by atoms with van der Waals surface area (Å²) in [6.45, 7) is 5.20. The Labute approximate surface area is 180 Å². The number of para-hydroxylation sites is 1. The van der Waals surface area contributed by atoms with Gasteiger partial charge in [0.1, 0.15) is 4.21 Å². The summed E-state index contributed by atoms with van der Waals surface area (Å²) in [7, 11) is -3.41. The van der Waals surface area contributed by atoms with Gasteiger partial charge in [0.25, 0.3) is 10.0 Å². The van der Waals surface area contributed by atoms with Crippen molar-refractivity contribution in [2.24, 2.45) is 0 Å². The molecule has 0 bridgehead atoms. The van der Waals surface area contributed by atoms with Crippen LogP contribution in [0.1, 0.15) is 13.3 Å². The molecule has 2 aliphatic heterocycles. The first-order valence-electron chi connectivity index (χ1n) is 9.77. The Kier molecular flexibility index (Phi) is 6.31. The summed E-state index contributed by atoms with van der Waals surface area (Å²) in [5.41, 5.74) is 0.991. The normalized spacial score (nSPS) is 21.6. The molecule has 1 fully saturated rings. The van der Waals surface area contributed by atoms with E-state index in [0.717, 1.165) is 23.5 Å². The van der Waals surface area contributed by atoms with Gasteiger partial charge in [0.2, 0.25) is 5.91 Å². The third kappa shape index (κ3) is 4.54. The minimum absolute atomic E-state index is 0.0849. The third-order valence-electron chi connectivity index (χ3n) is 5.32. The monoisotopic (exact) mass is 451 g/mol. The molecule has 3 heterocycles. The van der Waals surface area contributed by atoms with E-state index in [0.29, 0.717) is 42.2 Å². The smallest absolute Gasteiger partial charge is 0.252 e. The zero-order chi connectivity index (χ0) is 20.4. The van der Waals surface area contributed by atoms with E-state index < -0.39 is 10.0 Å². The fourth-order valence-electron chi connectivity index (χ4n) is 3.69. The number of nitrogens with zero attached hydrogens (tertiary/aromatic N) is 3. The molecular weight excluding hydrogens is 426 g/mol. The summed E-state index contributed by atoms with van der Waals surface area (Å²) >= 11 is 3.07. The number of benzene rings is 1. The van der Waals surface area contributed by atoms with Crippen molar-refractivity contribution in [3.63, 3.8) is 0 Å². The molecule has 0 radical (unpaired) electrons. The number of piperazine rings is 1. The second-order valence-electron chi connectivity index (χ2n) is 7.34. The van der Waals surface area contributed by atoms with Crippen LogP contribution in [-0.4, -0.2) is 68.0 Å². The zero-order valence-electron chi connectivity index (χ0n) is 16.4. The van der Waals surface area contributed by atoms with E-state index in [4.69, 9.17) is 0 Å². The van der Waals surface area contributed by atoms with Gasteiger partial charge < -0.3 is 4.90 Å². The summed E-state index contributed by atoms with van der Waals surface area (Å²) in [5.74, 6) is 0.0849. The number of rotatable bonds is 4. The van der Waals surface area contributed by atoms with Crippen molar-refractivity contribution in [2.75, 3.05) is 44.2 Å². The SMILES string of the molecule is C[C@H]1CCN(C(=O)CN2CCN(S(=O)(=O)c3cccs3)CC2)c2ccccc2S1. The molecule has 0 saturated carbocycles. The molecule has 156 valence electrons. The van der Waals surface area contributed by atoms with E-state index in [1.165, 1.54) is 15.6 Å². The van der Waals surface area contributed by atoms with Crippen LogP contribution in [0.2, 0.25) is 0 Å². The molecule has 2 aliphatic rings. The van der Waals surface area contributed by atoms with Crippen molar-refractivity contribution in [1.82, 2.24) is 9.21 Å². The van der Waals surface area contributed by atoms with Crippen molar-refractivity contribution in [3.05, 3.63) is 41.8 Å². The number of hydrogen-bond donors (Lipinski definition) is 0. The van der Waals surface area contributed by atoms with Crippen molar-refractivity contribution in [2.45, 2.75) is 27.7 Å². The summed E-state index contributed by atoms with van der Waals surface area (Å²) < 4.78 is 27.3. The van der Waals surface area contributed by atoms with Gasteiger partial charge in [-0.2, -0.15) is 4.31 Å². The molecule has 1 aromatic carbocycles. The maximum Gasteiger partial charge on any atom is 0.252 e. The molecule has 1 amide bonds. The van der Waals surface area contributed by atoms with Gasteiger partial charge in [0.05, 0.1) is 12.2 Å². The lowest BCUT2D eigenvalue weighted by Gasteiger charge is -2.34. The molecule has 1 saturated heterocycles. The van der Waals surface area contributed by atoms with Crippen molar-refractivity contribution in [3.8, 4) is 0 Å². The number of fused-ring (bicyclic) bond motifs is 1. The molecule has 2 aromatic rings. The fourth-order valence-corrected chi connectivity index (χ4v) is 7.37. The minimum Gasteiger partial charge on any atom is -0.310 e. The van der Waals surface area contributed by atoms with Crippen LogP contribution < -0.4 is 4.90 Å². The van der Waals surface area contributed by atoms with Gasteiger partial charge in [0, 0.05) is 42.9 Å². The number of thiophene rings is 1. The topological polar surface area (TPSA) is 60.9 Å². The van der Waals surface area contributed by atoms with Gasteiger partial charge in [-0.05, 0) is 30.0 Å². The van der Waals surface area contributed by atoms with Crippen LogP contribution in [0.4, 0.5) is 5.69 Å². The Hall–Kier alpha value is -1.39. The summed E-state index contributed by atoms with van der Waals surface area (Å²) in [6, 6.07) is 11.5. The van der Waals surface area contributed by atoms with Crippen LogP contribution >= 0.6 is 23.1 Å². The van der Waals surface area contributed by atoms with Crippen molar-refractivity contribution < 1.29 is 13.2 Å². The standard InChI is InChI=1S/C20H25N3O3S3/c1-16-8-9-23(17-5-2-3-6-18(17)28-16)19(24)15-21-10-12-22(13-11-21)29(25,26)20-7-4-14-27-20/h2-7,14,16H,8-13,15H2,1H3/t16-/m0/s1. The molecule has 1 atom stereocenters. The highest BCUT2D eigenvalue weighted by Gasteiger charge is 2.31. The van der Waals surface area contributed by atoms with Crippen molar-refractivity contribution in [1.29, 1.82) is 0 Å². The Morgan fingerprint density at radius 3 is 2.55 bits per heavy atom. The minimum atomic E-state index is -3.41. The van der Waals surface area contributed by atoms with Crippen LogP contribution in [0.5, 0.6) is 0 Å². The first-order valence-corrected chi connectivity index (χ1v) is 13.0. The third-order valence-corrected chi connectivity index (χ3v) is 9.83. The first kappa shape index (κ1) is 20.9. The van der Waals surface area contributed by atoms with Gasteiger partial charge >= 0.3 is 0 Å². The molecule has 29 heavy (non-hydrogen) atoms. The van der Waals surface area contributed by atoms with Gasteiger partial charge in [0.15, 0.2) is 0 Å². The number of hydrogen-bond acceptors (Lipinski definition) is 6. The second kappa shape index (κ2) is 8.77. The van der Waals surface area contributed by atoms with Crippen molar-refractivity contribution >= 4 is 44.7 Å². The van der Waals surface area contributed by atoms with Crippen LogP contribution in [0, 0.1) is 0 Å². The first-order chi connectivity index (χ1) is 13.9. The van der Waals surface area contributed by atoms with E-state index >= 15 is 0 Å². The van der Waals surface area contributed by atoms with Gasteiger partial charge in [-0.15, -0.1) is 23.1 Å². The Morgan fingerprint density at radius 1 is 1.07 bits per heavy atom. The van der Waals surface area contributed by atoms with E-state index in [1.54, 1.807) is 17.5 Å². The van der Waals surface area contributed by atoms with E-state index in [2.05, 4.69) is 17.9 Å². The average Bonchev–Trinajstić information content (AvgIpc) is 3.20. The number of thioether (sulfide) groups is 1. The molecular formula is C20H25N3O3S3. The highest BCUT2D eigenvalue weighted by molar-refractivity contribution is 8.00. The van der Waals surface area contributed by atoms with E-state index in [-0.39, 0.29) is 5.91 Å². The number of sulfonamides is 1. The van der Waals surface area contributed by atoms with Crippen LogP contribution in [0.15, 0.2) is 50.9 Å². The predicted octanol–water partition coefficient (Wildman–Crippen LogP) is 2.97. The molecule has 0 unspecified atom stereocenters. The molecule has 0 N–H and O–H groups in total. The molecule has 6 nitrogen and oxygen atoms in total. The molecule has 0 spiro atoms. The van der Waals surface area contributed by atoms with E-state index in [1.807, 2.05) is 34.9 Å². The number of carbonyl (C=O) groups is 1. The quantitative estimate of drug-likeness (QED) is 0.715. The van der Waals surface area contributed by atoms with Crippen LogP contribution in [0.3, 0.4) is 0 Å². The molecule has 9 heteroatoms. The van der Waals surface area contributed by atoms with Crippen LogP contribution in [0.25, 0.3) is 0 Å². The van der Waals surface area contributed by atoms with Gasteiger partial charge in [-0.3, -0.25) is 9.69 Å². The summed E-state index contributed by atoms with van der Waals surface area (Å²) in [6.07, 6.45) is 0.956. The van der Waals surface area contributed by atoms with Crippen LogP contribution in [-0.2, 0) is 14.8 Å². The number of carbonyl (C=O) groups excluding carboxylic acids is 1. The predicted molar refractivity (Wildman–Crippen MR) is 118 cm³/mol. The Balaban J connectivity index is 1.39. The lowest BCUT2D eigenvalue weighted by Crippen LogP contribution is -2.51. The maximum absolute atomic E-state index is 13.1. The zero-order valence-corrected chi connectivity index (χ0v) is 18.8. The second-order valence-corrected chi connectivity index (χ2v) is 11.9. The summed E-state index contributed by atoms with van der Waals surface area (Å²) in [5, 5.41) is 2.25. The maximum atomic E-state index is 13.1. The largest absolute Gasteiger partial charge is 0.310 e. The average molecular weight is 452 g/mol. The number of anilines is 1. The fraction of sp³-hybridized carbons (Fsp3) is 0.450. The van der Waals surface area contributed by atoms with Gasteiger partial charge in [-0.1, -0.05) is 25.1 Å². The Morgan fingerprint density at radius 2 is 1.83 bits per heavy atom. The number of amides is 1. The highest BCUT2D eigenvalue weighted by atomic mass is 32.2. The summed E-state index contributed by atoms with van der Waals surface area (Å²) in [4.78, 5) is 18.2. The highest BCUT2D eigenvalue weighted by Crippen LogP contribution is 2.37. The lowest BCUT2D eigenvalue weighted by atomic mass is 10.2. The lowest BCUT2D eigenvalue weighted by molar-refractivity contribution is -0.120.